The van der Waals surface area contributed by atoms with Crippen molar-refractivity contribution in [2.75, 3.05) is 6.79 Å². The molecule has 0 fully saturated rings. The smallest absolute Gasteiger partial charge is 0.265 e. The third kappa shape index (κ3) is 3.21. The third-order valence-corrected chi connectivity index (χ3v) is 5.61. The lowest BCUT2D eigenvalue weighted by Crippen LogP contribution is -2.20. The van der Waals surface area contributed by atoms with E-state index >= 15 is 0 Å². The fraction of sp³-hybridized carbons (Fsp3) is 0.0435. The Morgan fingerprint density at radius 1 is 0.967 bits per heavy atom. The molecule has 1 N–H and O–H groups in total. The van der Waals surface area contributed by atoms with Gasteiger partial charge in [0.1, 0.15) is 0 Å². The maximum atomic E-state index is 13.2. The standard InChI is InChI=1S/C23H15IN2O4/c24-14-5-7-15(8-6-14)25-12-19-17-3-1-2-4-18(17)22(27)26(23(19)28)16-9-10-20-21(11-16)30-13-29-20/h1-12,28H,13H2. The van der Waals surface area contributed by atoms with Crippen molar-refractivity contribution in [1.29, 1.82) is 0 Å². The van der Waals surface area contributed by atoms with E-state index < -0.39 is 0 Å². The lowest BCUT2D eigenvalue weighted by atomic mass is 10.1. The summed E-state index contributed by atoms with van der Waals surface area (Å²) in [7, 11) is 0. The summed E-state index contributed by atoms with van der Waals surface area (Å²) in [6.07, 6.45) is 1.59. The van der Waals surface area contributed by atoms with Gasteiger partial charge in [-0.1, -0.05) is 18.2 Å². The molecule has 0 spiro atoms. The molecule has 148 valence electrons. The number of hydrogen-bond acceptors (Lipinski definition) is 5. The Labute approximate surface area is 185 Å². The van der Waals surface area contributed by atoms with E-state index in [1.165, 1.54) is 4.57 Å². The molecule has 0 unspecified atom stereocenters. The summed E-state index contributed by atoms with van der Waals surface area (Å²) in [5.74, 6) is 0.945. The predicted molar refractivity (Wildman–Crippen MR) is 124 cm³/mol. The molecule has 0 saturated heterocycles. The van der Waals surface area contributed by atoms with Gasteiger partial charge in [-0.15, -0.1) is 0 Å². The Bertz CT molecular complexity index is 1360. The molecule has 0 saturated carbocycles. The van der Waals surface area contributed by atoms with Crippen LogP contribution in [0.3, 0.4) is 0 Å². The summed E-state index contributed by atoms with van der Waals surface area (Å²) in [6, 6.07) is 20.0. The molecule has 5 rings (SSSR count). The van der Waals surface area contributed by atoms with E-state index in [2.05, 4.69) is 27.6 Å². The van der Waals surface area contributed by atoms with Gasteiger partial charge in [0.2, 0.25) is 12.7 Å². The van der Waals surface area contributed by atoms with Gasteiger partial charge < -0.3 is 14.6 Å². The molecule has 0 atom stereocenters. The zero-order valence-electron chi connectivity index (χ0n) is 15.6. The summed E-state index contributed by atoms with van der Waals surface area (Å²) in [6.45, 7) is 0.130. The van der Waals surface area contributed by atoms with E-state index in [-0.39, 0.29) is 18.2 Å². The third-order valence-electron chi connectivity index (χ3n) is 4.89. The van der Waals surface area contributed by atoms with E-state index in [1.54, 1.807) is 42.6 Å². The molecule has 0 amide bonds. The van der Waals surface area contributed by atoms with Gasteiger partial charge in [0, 0.05) is 26.6 Å². The van der Waals surface area contributed by atoms with Crippen molar-refractivity contribution < 1.29 is 14.6 Å². The monoisotopic (exact) mass is 510 g/mol. The highest BCUT2D eigenvalue weighted by Crippen LogP contribution is 2.35. The van der Waals surface area contributed by atoms with Crippen molar-refractivity contribution in [3.8, 4) is 23.1 Å². The predicted octanol–water partition coefficient (Wildman–Crippen LogP) is 4.78. The van der Waals surface area contributed by atoms with Crippen LogP contribution in [0.15, 0.2) is 76.5 Å². The molecule has 0 aliphatic carbocycles. The number of rotatable bonds is 3. The molecule has 0 bridgehead atoms. The number of nitrogens with zero attached hydrogens (tertiary/aromatic N) is 2. The van der Waals surface area contributed by atoms with E-state index in [0.717, 1.165) is 9.26 Å². The number of aromatic hydroxyl groups is 1. The van der Waals surface area contributed by atoms with Crippen molar-refractivity contribution >= 4 is 45.3 Å². The van der Waals surface area contributed by atoms with Crippen molar-refractivity contribution in [2.45, 2.75) is 0 Å². The molecule has 4 aromatic rings. The fourth-order valence-electron chi connectivity index (χ4n) is 3.42. The fourth-order valence-corrected chi connectivity index (χ4v) is 3.78. The van der Waals surface area contributed by atoms with Gasteiger partial charge in [0.05, 0.1) is 16.9 Å². The molecule has 2 heterocycles. The molecule has 1 aliphatic heterocycles. The van der Waals surface area contributed by atoms with Gasteiger partial charge in [0.15, 0.2) is 11.5 Å². The van der Waals surface area contributed by atoms with Gasteiger partial charge >= 0.3 is 0 Å². The molecule has 1 aromatic heterocycles. The van der Waals surface area contributed by atoms with Crippen molar-refractivity contribution in [3.05, 3.63) is 86.2 Å². The quantitative estimate of drug-likeness (QED) is 0.318. The molecule has 30 heavy (non-hydrogen) atoms. The van der Waals surface area contributed by atoms with Gasteiger partial charge in [-0.05, 0) is 65.1 Å². The second kappa shape index (κ2) is 7.49. The van der Waals surface area contributed by atoms with Crippen LogP contribution in [-0.4, -0.2) is 22.7 Å². The average Bonchev–Trinajstić information content (AvgIpc) is 3.23. The summed E-state index contributed by atoms with van der Waals surface area (Å²) < 4.78 is 13.1. The molecule has 7 heteroatoms. The van der Waals surface area contributed by atoms with Crippen molar-refractivity contribution in [1.82, 2.24) is 4.57 Å². The summed E-state index contributed by atoms with van der Waals surface area (Å²) in [4.78, 5) is 17.7. The van der Waals surface area contributed by atoms with Crippen molar-refractivity contribution in [3.63, 3.8) is 0 Å². The first-order chi connectivity index (χ1) is 14.6. The van der Waals surface area contributed by atoms with Gasteiger partial charge in [-0.25, -0.2) is 4.57 Å². The summed E-state index contributed by atoms with van der Waals surface area (Å²) in [5.41, 5.74) is 1.37. The highest BCUT2D eigenvalue weighted by atomic mass is 127. The molecular formula is C23H15IN2O4. The number of halogens is 1. The topological polar surface area (TPSA) is 73.0 Å². The SMILES string of the molecule is O=c1c2ccccc2c(C=Nc2ccc(I)cc2)c(O)n1-c1ccc2c(c1)OCO2. The largest absolute Gasteiger partial charge is 0.494 e. The molecular weight excluding hydrogens is 495 g/mol. The van der Waals surface area contributed by atoms with Gasteiger partial charge in [-0.3, -0.25) is 9.79 Å². The van der Waals surface area contributed by atoms with Crippen LogP contribution >= 0.6 is 22.6 Å². The zero-order valence-corrected chi connectivity index (χ0v) is 17.7. The van der Waals surface area contributed by atoms with Crippen LogP contribution < -0.4 is 15.0 Å². The number of fused-ring (bicyclic) bond motifs is 2. The first-order valence-corrected chi connectivity index (χ1v) is 10.3. The Kier molecular flexibility index (Phi) is 4.66. The lowest BCUT2D eigenvalue weighted by molar-refractivity contribution is 0.174. The van der Waals surface area contributed by atoms with Crippen LogP contribution in [0.25, 0.3) is 16.5 Å². The number of benzene rings is 3. The highest BCUT2D eigenvalue weighted by molar-refractivity contribution is 14.1. The minimum Gasteiger partial charge on any atom is -0.494 e. The van der Waals surface area contributed by atoms with Gasteiger partial charge in [0.25, 0.3) is 5.56 Å². The summed E-state index contributed by atoms with van der Waals surface area (Å²) in [5, 5.41) is 12.2. The van der Waals surface area contributed by atoms with Crippen LogP contribution in [0.4, 0.5) is 5.69 Å². The number of pyridine rings is 1. The normalized spacial score (nSPS) is 12.7. The Hall–Kier alpha value is -3.33. The molecule has 3 aromatic carbocycles. The Morgan fingerprint density at radius 2 is 1.70 bits per heavy atom. The van der Waals surface area contributed by atoms with E-state index in [1.807, 2.05) is 30.3 Å². The number of aliphatic imine (C=N–C) groups is 1. The van der Waals surface area contributed by atoms with Crippen LogP contribution in [0.2, 0.25) is 0 Å². The highest BCUT2D eigenvalue weighted by Gasteiger charge is 2.19. The Balaban J connectivity index is 1.72. The minimum absolute atomic E-state index is 0.130. The Morgan fingerprint density at radius 3 is 2.50 bits per heavy atom. The van der Waals surface area contributed by atoms with E-state index in [9.17, 15) is 9.90 Å². The maximum Gasteiger partial charge on any atom is 0.265 e. The number of ether oxygens (including phenoxy) is 2. The van der Waals surface area contributed by atoms with Crippen LogP contribution in [0.5, 0.6) is 17.4 Å². The molecule has 0 radical (unpaired) electrons. The van der Waals surface area contributed by atoms with Crippen LogP contribution in [0, 0.1) is 3.57 Å². The minimum atomic E-state index is -0.326. The molecule has 6 nitrogen and oxygen atoms in total. The average molecular weight is 510 g/mol. The second-order valence-electron chi connectivity index (χ2n) is 6.70. The molecule has 1 aliphatic rings. The first kappa shape index (κ1) is 18.7. The van der Waals surface area contributed by atoms with E-state index in [4.69, 9.17) is 9.47 Å². The number of hydrogen-bond donors (Lipinski definition) is 1. The summed E-state index contributed by atoms with van der Waals surface area (Å²) >= 11 is 2.23. The maximum absolute atomic E-state index is 13.2. The van der Waals surface area contributed by atoms with Gasteiger partial charge in [-0.2, -0.15) is 0 Å². The number of aromatic nitrogens is 1. The lowest BCUT2D eigenvalue weighted by Gasteiger charge is -2.14. The zero-order chi connectivity index (χ0) is 20.7. The van der Waals surface area contributed by atoms with E-state index in [0.29, 0.717) is 33.5 Å². The second-order valence-corrected chi connectivity index (χ2v) is 7.94. The van der Waals surface area contributed by atoms with Crippen molar-refractivity contribution in [2.24, 2.45) is 4.99 Å². The van der Waals surface area contributed by atoms with Crippen LogP contribution in [-0.2, 0) is 0 Å². The first-order valence-electron chi connectivity index (χ1n) is 9.18. The van der Waals surface area contributed by atoms with Crippen LogP contribution in [0.1, 0.15) is 5.56 Å².